The maximum Gasteiger partial charge on any atom is 0.354 e. The zero-order valence-electron chi connectivity index (χ0n) is 20.1. The molecule has 4 rings (SSSR count). The van der Waals surface area contributed by atoms with Crippen LogP contribution in [0.15, 0.2) is 72.9 Å². The number of nitrogens with zero attached hydrogens (tertiary/aromatic N) is 2. The fourth-order valence-corrected chi connectivity index (χ4v) is 4.23. The summed E-state index contributed by atoms with van der Waals surface area (Å²) in [6, 6.07) is 21.9. The van der Waals surface area contributed by atoms with Crippen molar-refractivity contribution in [1.29, 1.82) is 0 Å². The molecule has 0 aliphatic rings. The van der Waals surface area contributed by atoms with Gasteiger partial charge in [0.15, 0.2) is 0 Å². The van der Waals surface area contributed by atoms with Gasteiger partial charge >= 0.3 is 5.97 Å². The SMILES string of the molecule is CCOC(=O)c1cc2cc(C[C@@H](C)NC[C@H](O)c3ccc(N)nc3)ccc2n1Cc1ccccc1. The first-order valence-corrected chi connectivity index (χ1v) is 11.9. The summed E-state index contributed by atoms with van der Waals surface area (Å²) in [4.78, 5) is 16.7. The van der Waals surface area contributed by atoms with Gasteiger partial charge in [0, 0.05) is 41.8 Å². The fraction of sp³-hybridized carbons (Fsp3) is 0.286. The number of ether oxygens (including phenoxy) is 1. The third kappa shape index (κ3) is 6.07. The summed E-state index contributed by atoms with van der Waals surface area (Å²) in [5.74, 6) is 0.115. The van der Waals surface area contributed by atoms with E-state index in [2.05, 4.69) is 47.6 Å². The molecular weight excluding hydrogens is 440 g/mol. The van der Waals surface area contributed by atoms with Crippen LogP contribution in [0.2, 0.25) is 0 Å². The van der Waals surface area contributed by atoms with Crippen LogP contribution in [0.3, 0.4) is 0 Å². The molecule has 0 aliphatic heterocycles. The van der Waals surface area contributed by atoms with E-state index in [4.69, 9.17) is 10.5 Å². The largest absolute Gasteiger partial charge is 0.461 e. The van der Waals surface area contributed by atoms with Gasteiger partial charge in [-0.15, -0.1) is 0 Å². The molecule has 7 nitrogen and oxygen atoms in total. The summed E-state index contributed by atoms with van der Waals surface area (Å²) in [6.07, 6.45) is 1.72. The van der Waals surface area contributed by atoms with Crippen LogP contribution in [-0.2, 0) is 17.7 Å². The number of anilines is 1. The lowest BCUT2D eigenvalue weighted by molar-refractivity contribution is 0.0515. The van der Waals surface area contributed by atoms with Crippen LogP contribution < -0.4 is 11.1 Å². The predicted molar refractivity (Wildman–Crippen MR) is 138 cm³/mol. The number of benzene rings is 2. The number of aromatic nitrogens is 2. The first-order chi connectivity index (χ1) is 16.9. The van der Waals surface area contributed by atoms with E-state index < -0.39 is 6.10 Å². The molecule has 2 aromatic carbocycles. The summed E-state index contributed by atoms with van der Waals surface area (Å²) >= 11 is 0. The molecule has 0 amide bonds. The van der Waals surface area contributed by atoms with Crippen LogP contribution >= 0.6 is 0 Å². The third-order valence-electron chi connectivity index (χ3n) is 6.03. The highest BCUT2D eigenvalue weighted by atomic mass is 16.5. The number of nitrogens with one attached hydrogen (secondary N) is 1. The first kappa shape index (κ1) is 24.4. The lowest BCUT2D eigenvalue weighted by atomic mass is 10.0. The Bertz CT molecular complexity index is 1270. The Hall–Kier alpha value is -3.68. The van der Waals surface area contributed by atoms with Crippen molar-refractivity contribution in [3.05, 3.63) is 95.3 Å². The van der Waals surface area contributed by atoms with Gasteiger partial charge in [-0.05, 0) is 55.7 Å². The van der Waals surface area contributed by atoms with Gasteiger partial charge in [0.2, 0.25) is 0 Å². The van der Waals surface area contributed by atoms with Crippen molar-refractivity contribution < 1.29 is 14.6 Å². The van der Waals surface area contributed by atoms with E-state index >= 15 is 0 Å². The standard InChI is InChI=1S/C28H32N4O3/c1-3-35-28(34)25-15-23-14-21(9-11-24(23)32(25)18-20-7-5-4-6-8-20)13-19(2)30-17-26(33)22-10-12-27(29)31-16-22/h4-12,14-16,19,26,30,33H,3,13,17-18H2,1-2H3,(H2,29,31)/t19-,26+/m1/s1. The van der Waals surface area contributed by atoms with Crippen molar-refractivity contribution >= 4 is 22.7 Å². The molecule has 0 unspecified atom stereocenters. The molecule has 2 heterocycles. The van der Waals surface area contributed by atoms with E-state index in [9.17, 15) is 9.90 Å². The molecule has 0 fully saturated rings. The topological polar surface area (TPSA) is 102 Å². The van der Waals surface area contributed by atoms with E-state index in [1.165, 1.54) is 0 Å². The highest BCUT2D eigenvalue weighted by Gasteiger charge is 2.18. The molecule has 2 aromatic heterocycles. The molecule has 0 saturated carbocycles. The van der Waals surface area contributed by atoms with Crippen LogP contribution in [0.4, 0.5) is 5.82 Å². The minimum atomic E-state index is -0.660. The molecule has 2 atom stereocenters. The summed E-state index contributed by atoms with van der Waals surface area (Å²) in [5.41, 5.74) is 10.2. The predicted octanol–water partition coefficient (Wildman–Crippen LogP) is 4.10. The van der Waals surface area contributed by atoms with E-state index in [0.717, 1.165) is 34.0 Å². The Kier molecular flexibility index (Phi) is 7.80. The van der Waals surface area contributed by atoms with Crippen LogP contribution in [-0.4, -0.2) is 39.8 Å². The number of esters is 1. The molecule has 0 saturated heterocycles. The number of rotatable bonds is 10. The Morgan fingerprint density at radius 3 is 2.63 bits per heavy atom. The molecule has 0 radical (unpaired) electrons. The zero-order chi connectivity index (χ0) is 24.8. The Morgan fingerprint density at radius 2 is 1.91 bits per heavy atom. The van der Waals surface area contributed by atoms with Gasteiger partial charge in [-0.25, -0.2) is 9.78 Å². The second-order valence-electron chi connectivity index (χ2n) is 8.76. The van der Waals surface area contributed by atoms with Crippen LogP contribution in [0.1, 0.15) is 47.1 Å². The number of pyridine rings is 1. The Labute approximate surface area is 205 Å². The van der Waals surface area contributed by atoms with E-state index in [0.29, 0.717) is 31.2 Å². The van der Waals surface area contributed by atoms with Gasteiger partial charge in [-0.2, -0.15) is 0 Å². The molecule has 4 N–H and O–H groups in total. The molecular formula is C28H32N4O3. The zero-order valence-corrected chi connectivity index (χ0v) is 20.1. The van der Waals surface area contributed by atoms with Crippen molar-refractivity contribution in [2.45, 2.75) is 39.0 Å². The minimum absolute atomic E-state index is 0.139. The van der Waals surface area contributed by atoms with Crippen LogP contribution in [0.25, 0.3) is 10.9 Å². The Morgan fingerprint density at radius 1 is 1.11 bits per heavy atom. The highest BCUT2D eigenvalue weighted by Crippen LogP contribution is 2.24. The average molecular weight is 473 g/mol. The molecule has 0 aliphatic carbocycles. The minimum Gasteiger partial charge on any atom is -0.461 e. The van der Waals surface area contributed by atoms with Crippen molar-refractivity contribution in [2.24, 2.45) is 0 Å². The second kappa shape index (κ2) is 11.2. The monoisotopic (exact) mass is 472 g/mol. The summed E-state index contributed by atoms with van der Waals surface area (Å²) < 4.78 is 7.34. The highest BCUT2D eigenvalue weighted by molar-refractivity contribution is 5.96. The van der Waals surface area contributed by atoms with Crippen molar-refractivity contribution in [1.82, 2.24) is 14.9 Å². The molecule has 35 heavy (non-hydrogen) atoms. The molecule has 182 valence electrons. The maximum absolute atomic E-state index is 12.7. The van der Waals surface area contributed by atoms with Gasteiger partial charge in [-0.3, -0.25) is 0 Å². The molecule has 0 spiro atoms. The Balaban J connectivity index is 1.49. The quantitative estimate of drug-likeness (QED) is 0.300. The number of hydrogen-bond acceptors (Lipinski definition) is 6. The number of aliphatic hydroxyl groups excluding tert-OH is 1. The first-order valence-electron chi connectivity index (χ1n) is 11.9. The number of aliphatic hydroxyl groups is 1. The number of nitrogen functional groups attached to an aromatic ring is 1. The lowest BCUT2D eigenvalue weighted by Gasteiger charge is -2.17. The molecule has 0 bridgehead atoms. The van der Waals surface area contributed by atoms with Crippen molar-refractivity contribution in [3.63, 3.8) is 0 Å². The number of nitrogens with two attached hydrogens (primary N) is 1. The third-order valence-corrected chi connectivity index (χ3v) is 6.03. The van der Waals surface area contributed by atoms with Crippen LogP contribution in [0, 0.1) is 0 Å². The van der Waals surface area contributed by atoms with Gasteiger partial charge < -0.3 is 25.5 Å². The number of carbonyl (C=O) groups is 1. The summed E-state index contributed by atoms with van der Waals surface area (Å²) in [5, 5.41) is 14.8. The molecule has 4 aromatic rings. The van der Waals surface area contributed by atoms with Gasteiger partial charge in [-0.1, -0.05) is 42.5 Å². The normalized spacial score (nSPS) is 13.0. The van der Waals surface area contributed by atoms with E-state index in [1.807, 2.05) is 35.8 Å². The number of carbonyl (C=O) groups excluding carboxylic acids is 1. The van der Waals surface area contributed by atoms with Gasteiger partial charge in [0.05, 0.1) is 12.7 Å². The average Bonchev–Trinajstić information content (AvgIpc) is 3.21. The number of fused-ring (bicyclic) bond motifs is 1. The lowest BCUT2D eigenvalue weighted by Crippen LogP contribution is -2.32. The van der Waals surface area contributed by atoms with Crippen molar-refractivity contribution in [3.8, 4) is 0 Å². The fourth-order valence-electron chi connectivity index (χ4n) is 4.23. The number of hydrogen-bond donors (Lipinski definition) is 3. The second-order valence-corrected chi connectivity index (χ2v) is 8.76. The summed E-state index contributed by atoms with van der Waals surface area (Å²) in [6.45, 7) is 5.24. The molecule has 7 heteroatoms. The summed E-state index contributed by atoms with van der Waals surface area (Å²) in [7, 11) is 0. The van der Waals surface area contributed by atoms with Crippen molar-refractivity contribution in [2.75, 3.05) is 18.9 Å². The van der Waals surface area contributed by atoms with Gasteiger partial charge in [0.1, 0.15) is 11.5 Å². The van der Waals surface area contributed by atoms with E-state index in [-0.39, 0.29) is 12.0 Å². The van der Waals surface area contributed by atoms with E-state index in [1.54, 1.807) is 18.3 Å². The smallest absolute Gasteiger partial charge is 0.354 e. The van der Waals surface area contributed by atoms with Gasteiger partial charge in [0.25, 0.3) is 0 Å². The van der Waals surface area contributed by atoms with Crippen LogP contribution in [0.5, 0.6) is 0 Å². The maximum atomic E-state index is 12.7.